The Morgan fingerprint density at radius 2 is 1.67 bits per heavy atom. The lowest BCUT2D eigenvalue weighted by Gasteiger charge is -2.34. The zero-order chi connectivity index (χ0) is 31.4. The molecule has 0 radical (unpaired) electrons. The molecule has 12 nitrogen and oxygen atoms in total. The molecule has 2 amide bonds. The second-order valence-corrected chi connectivity index (χ2v) is 10.5. The third-order valence-electron chi connectivity index (χ3n) is 6.03. The van der Waals surface area contributed by atoms with Gasteiger partial charge in [0.15, 0.2) is 0 Å². The van der Waals surface area contributed by atoms with Crippen molar-refractivity contribution in [2.45, 2.75) is 26.4 Å². The Labute approximate surface area is 251 Å². The number of methoxy groups -OCH3 is 1. The van der Waals surface area contributed by atoms with Crippen molar-refractivity contribution < 1.29 is 23.9 Å². The summed E-state index contributed by atoms with van der Waals surface area (Å²) in [5.41, 5.74) is 7.18. The van der Waals surface area contributed by atoms with Crippen LogP contribution in [0.25, 0.3) is 11.3 Å². The first-order valence-electron chi connectivity index (χ1n) is 13.2. The molecule has 0 spiro atoms. The fourth-order valence-corrected chi connectivity index (χ4v) is 4.28. The average Bonchev–Trinajstić information content (AvgIpc) is 3.46. The third-order valence-corrected chi connectivity index (χ3v) is 6.32. The van der Waals surface area contributed by atoms with Crippen LogP contribution in [0.2, 0.25) is 5.02 Å². The van der Waals surface area contributed by atoms with Crippen molar-refractivity contribution in [3.8, 4) is 17.0 Å². The van der Waals surface area contributed by atoms with E-state index >= 15 is 0 Å². The topological polar surface area (TPSA) is 155 Å². The van der Waals surface area contributed by atoms with E-state index in [1.165, 1.54) is 7.05 Å². The Bertz CT molecular complexity index is 1330. The van der Waals surface area contributed by atoms with Crippen molar-refractivity contribution in [3.63, 3.8) is 0 Å². The van der Waals surface area contributed by atoms with Gasteiger partial charge >= 0.3 is 6.09 Å². The summed E-state index contributed by atoms with van der Waals surface area (Å²) in [4.78, 5) is 38.2. The predicted molar refractivity (Wildman–Crippen MR) is 167 cm³/mol. The van der Waals surface area contributed by atoms with Gasteiger partial charge in [0.1, 0.15) is 23.8 Å². The van der Waals surface area contributed by atoms with Crippen molar-refractivity contribution in [1.82, 2.24) is 15.1 Å². The van der Waals surface area contributed by atoms with Gasteiger partial charge in [0.05, 0.1) is 29.2 Å². The largest absolute Gasteiger partial charge is 0.495 e. The van der Waals surface area contributed by atoms with Crippen molar-refractivity contribution in [2.24, 2.45) is 5.73 Å². The molecule has 0 aliphatic carbocycles. The van der Waals surface area contributed by atoms with Crippen molar-refractivity contribution >= 4 is 47.5 Å². The average molecular weight is 602 g/mol. The Kier molecular flexibility index (Phi) is 12.8. The predicted octanol–water partition coefficient (Wildman–Crippen LogP) is 4.48. The van der Waals surface area contributed by atoms with E-state index in [-0.39, 0.29) is 5.69 Å². The molecule has 3 aromatic rings. The van der Waals surface area contributed by atoms with Crippen molar-refractivity contribution in [3.05, 3.63) is 53.2 Å². The molecule has 2 heterocycles. The van der Waals surface area contributed by atoms with Crippen LogP contribution >= 0.6 is 11.6 Å². The highest BCUT2D eigenvalue weighted by atomic mass is 35.5. The van der Waals surface area contributed by atoms with Gasteiger partial charge in [-0.2, -0.15) is 5.10 Å². The molecule has 13 heteroatoms. The Hall–Kier alpha value is -4.13. The molecule has 0 saturated carbocycles. The van der Waals surface area contributed by atoms with Gasteiger partial charge < -0.3 is 35.1 Å². The maximum absolute atomic E-state index is 13.1. The molecule has 42 heavy (non-hydrogen) atoms. The molecule has 5 N–H and O–H groups in total. The summed E-state index contributed by atoms with van der Waals surface area (Å²) in [6.45, 7) is 11.0. The molecular weight excluding hydrogens is 562 g/mol. The number of hydrogen-bond acceptors (Lipinski definition) is 9. The first-order chi connectivity index (χ1) is 20.0. The van der Waals surface area contributed by atoms with E-state index in [1.807, 2.05) is 25.0 Å². The van der Waals surface area contributed by atoms with Gasteiger partial charge in [0, 0.05) is 37.4 Å². The molecule has 1 saturated heterocycles. The van der Waals surface area contributed by atoms with Crippen LogP contribution in [0.15, 0.2) is 42.5 Å². The number of carbonyl (C=O) groups excluding carboxylic acids is 3. The number of carbonyl (C=O) groups is 3. The van der Waals surface area contributed by atoms with Gasteiger partial charge in [-0.3, -0.25) is 15.2 Å². The number of anilines is 3. The fraction of sp³-hybridized carbons (Fsp3) is 0.379. The molecule has 0 bridgehead atoms. The lowest BCUT2D eigenvalue weighted by atomic mass is 10.1. The van der Waals surface area contributed by atoms with Crippen LogP contribution in [0.1, 0.15) is 31.3 Å². The minimum Gasteiger partial charge on any atom is -0.495 e. The maximum Gasteiger partial charge on any atom is 0.412 e. The molecule has 1 fully saturated rings. The molecule has 0 atom stereocenters. The van der Waals surface area contributed by atoms with Crippen LogP contribution in [-0.2, 0) is 9.53 Å². The number of rotatable bonds is 6. The van der Waals surface area contributed by atoms with Crippen molar-refractivity contribution in [1.29, 1.82) is 0 Å². The summed E-state index contributed by atoms with van der Waals surface area (Å²) in [6, 6.07) is 12.5. The van der Waals surface area contributed by atoms with Crippen LogP contribution < -0.4 is 26.0 Å². The van der Waals surface area contributed by atoms with E-state index in [2.05, 4.69) is 43.4 Å². The standard InChI is InChI=1S/C27H33ClN6O4.CH5N.CH2O/c1-27(2,3)38-26(36)30-22-15-18(34-12-10-33(4)11-13-34)7-8-20(22)29-25(35)23-16-21(31-32-23)17-6-9-24(37-5)19(28)14-17;2*1-2/h6-9,14-16H,10-13H2,1-5H3,(H,29,35)(H,30,36)(H,31,32);2H2,1H3;1H2. The summed E-state index contributed by atoms with van der Waals surface area (Å²) >= 11 is 6.24. The molecule has 0 unspecified atom stereocenters. The summed E-state index contributed by atoms with van der Waals surface area (Å²) in [5.74, 6) is 0.136. The van der Waals surface area contributed by atoms with E-state index in [0.717, 1.165) is 37.4 Å². The minimum atomic E-state index is -0.667. The number of likely N-dealkylation sites (N-methyl/N-ethyl adjacent to an activating group) is 1. The number of nitrogens with one attached hydrogen (secondary N) is 3. The summed E-state index contributed by atoms with van der Waals surface area (Å²) in [7, 11) is 5.14. The number of H-pyrrole nitrogens is 1. The smallest absolute Gasteiger partial charge is 0.412 e. The molecule has 1 aromatic heterocycles. The van der Waals surface area contributed by atoms with Gasteiger partial charge in [-0.05, 0) is 77.3 Å². The second kappa shape index (κ2) is 15.8. The van der Waals surface area contributed by atoms with Crippen LogP contribution in [0.5, 0.6) is 5.75 Å². The molecule has 2 aromatic carbocycles. The van der Waals surface area contributed by atoms with Crippen LogP contribution in [0.3, 0.4) is 0 Å². The molecule has 228 valence electrons. The first kappa shape index (κ1) is 34.1. The fourth-order valence-electron chi connectivity index (χ4n) is 4.02. The van der Waals surface area contributed by atoms with Gasteiger partial charge in [-0.15, -0.1) is 0 Å². The van der Waals surface area contributed by atoms with Gasteiger partial charge in [-0.25, -0.2) is 4.79 Å². The maximum atomic E-state index is 13.1. The highest BCUT2D eigenvalue weighted by Gasteiger charge is 2.21. The number of aromatic amines is 1. The van der Waals surface area contributed by atoms with E-state index in [4.69, 9.17) is 25.9 Å². The number of halogens is 1. The second-order valence-electron chi connectivity index (χ2n) is 10.1. The highest BCUT2D eigenvalue weighted by Crippen LogP contribution is 2.31. The molecule has 4 rings (SSSR count). The number of nitrogens with zero attached hydrogens (tertiary/aromatic N) is 3. The van der Waals surface area contributed by atoms with E-state index in [1.54, 1.807) is 52.1 Å². The third kappa shape index (κ3) is 9.47. The Morgan fingerprint density at radius 1 is 1.00 bits per heavy atom. The zero-order valence-corrected chi connectivity index (χ0v) is 25.7. The first-order valence-corrected chi connectivity index (χ1v) is 13.5. The zero-order valence-electron chi connectivity index (χ0n) is 24.9. The summed E-state index contributed by atoms with van der Waals surface area (Å²) in [5, 5.41) is 13.1. The number of benzene rings is 2. The number of amides is 2. The molecule has 1 aliphatic rings. The van der Waals surface area contributed by atoms with E-state index in [0.29, 0.717) is 27.8 Å². The number of nitrogens with two attached hydrogens (primary N) is 1. The van der Waals surface area contributed by atoms with Gasteiger partial charge in [0.2, 0.25) is 0 Å². The summed E-state index contributed by atoms with van der Waals surface area (Å²) in [6.07, 6.45) is -0.608. The number of ether oxygens (including phenoxy) is 2. The SMILES string of the molecule is C=O.CN.COc1ccc(-c2cc(C(=O)Nc3ccc(N4CCN(C)CC4)cc3NC(=O)OC(C)(C)C)[nH]n2)cc1Cl. The molecule has 1 aliphatic heterocycles. The quantitative estimate of drug-likeness (QED) is 0.320. The minimum absolute atomic E-state index is 0.248. The number of hydrogen-bond donors (Lipinski definition) is 4. The van der Waals surface area contributed by atoms with Crippen LogP contribution in [0, 0.1) is 0 Å². The van der Waals surface area contributed by atoms with Gasteiger partial charge in [-0.1, -0.05) is 11.6 Å². The Morgan fingerprint density at radius 3 is 2.26 bits per heavy atom. The lowest BCUT2D eigenvalue weighted by Crippen LogP contribution is -2.44. The van der Waals surface area contributed by atoms with E-state index in [9.17, 15) is 9.59 Å². The van der Waals surface area contributed by atoms with Crippen LogP contribution in [-0.4, -0.2) is 86.9 Å². The lowest BCUT2D eigenvalue weighted by molar-refractivity contribution is -0.0980. The monoisotopic (exact) mass is 601 g/mol. The van der Waals surface area contributed by atoms with Crippen molar-refractivity contribution in [2.75, 3.05) is 62.9 Å². The Balaban J connectivity index is 0.00000148. The number of piperazine rings is 1. The van der Waals surface area contributed by atoms with Crippen LogP contribution in [0.4, 0.5) is 21.9 Å². The number of aromatic nitrogens is 2. The molecular formula is C29H40ClN7O5. The summed E-state index contributed by atoms with van der Waals surface area (Å²) < 4.78 is 10.6. The normalized spacial score (nSPS) is 13.1. The van der Waals surface area contributed by atoms with Gasteiger partial charge in [0.25, 0.3) is 5.91 Å². The van der Waals surface area contributed by atoms with E-state index < -0.39 is 17.6 Å². The highest BCUT2D eigenvalue weighted by molar-refractivity contribution is 6.32.